The molecule has 1 fully saturated rings. The number of hydrogen-bond acceptors (Lipinski definition) is 0. The van der Waals surface area contributed by atoms with Gasteiger partial charge in [-0.05, 0) is 38.5 Å². The van der Waals surface area contributed by atoms with Gasteiger partial charge in [-0.1, -0.05) is 18.6 Å². The molecule has 1 saturated carbocycles. The second-order valence-electron chi connectivity index (χ2n) is 3.44. The first-order chi connectivity index (χ1) is 4.20. The molecule has 52 valence electrons. The van der Waals surface area contributed by atoms with E-state index in [9.17, 15) is 0 Å². The van der Waals surface area contributed by atoms with Crippen molar-refractivity contribution in [3.05, 3.63) is 11.6 Å². The molecule has 1 aliphatic carbocycles. The lowest BCUT2D eigenvalue weighted by atomic mass is 10.0. The van der Waals surface area contributed by atoms with Gasteiger partial charge in [-0.2, -0.15) is 0 Å². The Morgan fingerprint density at radius 2 is 2.00 bits per heavy atom. The average molecular weight is 124 g/mol. The van der Waals surface area contributed by atoms with Crippen LogP contribution in [-0.4, -0.2) is 0 Å². The fraction of sp³-hybridized carbons (Fsp3) is 0.778. The van der Waals surface area contributed by atoms with Crippen LogP contribution in [0.4, 0.5) is 0 Å². The lowest BCUT2D eigenvalue weighted by Crippen LogP contribution is -1.91. The molecule has 0 heterocycles. The maximum atomic E-state index is 2.39. The van der Waals surface area contributed by atoms with Crippen LogP contribution in [0.3, 0.4) is 0 Å². The summed E-state index contributed by atoms with van der Waals surface area (Å²) in [5.41, 5.74) is 1.47. The first-order valence-electron chi connectivity index (χ1n) is 3.85. The van der Waals surface area contributed by atoms with Gasteiger partial charge < -0.3 is 0 Å². The second-order valence-corrected chi connectivity index (χ2v) is 3.44. The molecular formula is C9H16. The van der Waals surface area contributed by atoms with Crippen LogP contribution in [-0.2, 0) is 0 Å². The van der Waals surface area contributed by atoms with Crippen molar-refractivity contribution in [1.82, 2.24) is 0 Å². The molecule has 0 amide bonds. The van der Waals surface area contributed by atoms with Gasteiger partial charge in [0.05, 0.1) is 0 Å². The molecule has 0 aromatic heterocycles. The lowest BCUT2D eigenvalue weighted by Gasteiger charge is -2.02. The van der Waals surface area contributed by atoms with Gasteiger partial charge in [0.1, 0.15) is 0 Å². The van der Waals surface area contributed by atoms with Crippen molar-refractivity contribution in [2.75, 3.05) is 0 Å². The third-order valence-corrected chi connectivity index (χ3v) is 1.96. The minimum atomic E-state index is 0.843. The highest BCUT2D eigenvalue weighted by atomic mass is 14.3. The van der Waals surface area contributed by atoms with Crippen LogP contribution in [0.15, 0.2) is 11.6 Å². The highest BCUT2D eigenvalue weighted by Crippen LogP contribution is 2.37. The molecule has 1 aliphatic rings. The van der Waals surface area contributed by atoms with Crippen LogP contribution in [0.5, 0.6) is 0 Å². The van der Waals surface area contributed by atoms with E-state index in [0.717, 1.165) is 11.8 Å². The summed E-state index contributed by atoms with van der Waals surface area (Å²) in [7, 11) is 0. The van der Waals surface area contributed by atoms with E-state index in [1.807, 2.05) is 0 Å². The molecular weight excluding hydrogens is 108 g/mol. The Balaban J connectivity index is 2.33. The van der Waals surface area contributed by atoms with Crippen molar-refractivity contribution in [3.8, 4) is 0 Å². The molecule has 0 heteroatoms. The minimum Gasteiger partial charge on any atom is -0.0828 e. The van der Waals surface area contributed by atoms with Gasteiger partial charge in [0.25, 0.3) is 0 Å². The van der Waals surface area contributed by atoms with E-state index in [4.69, 9.17) is 0 Å². The van der Waals surface area contributed by atoms with Crippen LogP contribution in [0.1, 0.15) is 33.6 Å². The Labute approximate surface area is 58.0 Å². The normalized spacial score (nSPS) is 21.2. The van der Waals surface area contributed by atoms with E-state index in [1.165, 1.54) is 18.4 Å². The van der Waals surface area contributed by atoms with Gasteiger partial charge >= 0.3 is 0 Å². The first kappa shape index (κ1) is 6.85. The standard InChI is InChI=1S/C9H16/c1-7(2)6-8(3)9-4-5-9/h6,8-9H,4-5H2,1-3H3. The summed E-state index contributed by atoms with van der Waals surface area (Å²) in [6.07, 6.45) is 5.31. The highest BCUT2D eigenvalue weighted by molar-refractivity contribution is 5.00. The highest BCUT2D eigenvalue weighted by Gasteiger charge is 2.25. The molecule has 0 radical (unpaired) electrons. The van der Waals surface area contributed by atoms with Gasteiger partial charge in [-0.15, -0.1) is 0 Å². The summed E-state index contributed by atoms with van der Waals surface area (Å²) in [5.74, 6) is 1.87. The van der Waals surface area contributed by atoms with E-state index in [-0.39, 0.29) is 0 Å². The zero-order valence-electron chi connectivity index (χ0n) is 6.65. The van der Waals surface area contributed by atoms with Crippen LogP contribution in [0.2, 0.25) is 0 Å². The first-order valence-corrected chi connectivity index (χ1v) is 3.85. The molecule has 0 saturated heterocycles. The third kappa shape index (κ3) is 2.21. The zero-order valence-corrected chi connectivity index (χ0v) is 6.65. The second kappa shape index (κ2) is 2.55. The Kier molecular flexibility index (Phi) is 1.94. The number of hydrogen-bond donors (Lipinski definition) is 0. The molecule has 1 unspecified atom stereocenters. The van der Waals surface area contributed by atoms with Gasteiger partial charge in [0, 0.05) is 0 Å². The van der Waals surface area contributed by atoms with Crippen molar-refractivity contribution < 1.29 is 0 Å². The van der Waals surface area contributed by atoms with E-state index in [2.05, 4.69) is 26.8 Å². The van der Waals surface area contributed by atoms with Crippen LogP contribution in [0, 0.1) is 11.8 Å². The molecule has 0 aromatic carbocycles. The topological polar surface area (TPSA) is 0 Å². The molecule has 1 rings (SSSR count). The predicted octanol–water partition coefficient (Wildman–Crippen LogP) is 3.00. The summed E-state index contributed by atoms with van der Waals surface area (Å²) >= 11 is 0. The molecule has 0 aromatic rings. The zero-order chi connectivity index (χ0) is 6.85. The van der Waals surface area contributed by atoms with Crippen molar-refractivity contribution in [3.63, 3.8) is 0 Å². The third-order valence-electron chi connectivity index (χ3n) is 1.96. The number of rotatable bonds is 2. The Morgan fingerprint density at radius 1 is 1.44 bits per heavy atom. The van der Waals surface area contributed by atoms with Crippen LogP contribution in [0.25, 0.3) is 0 Å². The van der Waals surface area contributed by atoms with Crippen LogP contribution < -0.4 is 0 Å². The summed E-state index contributed by atoms with van der Waals surface area (Å²) in [6.45, 7) is 6.68. The SMILES string of the molecule is CC(C)=CC(C)C1CC1. The maximum Gasteiger partial charge on any atom is -0.0231 e. The van der Waals surface area contributed by atoms with Gasteiger partial charge in [-0.3, -0.25) is 0 Å². The van der Waals surface area contributed by atoms with Gasteiger partial charge in [0.15, 0.2) is 0 Å². The Morgan fingerprint density at radius 3 is 2.33 bits per heavy atom. The summed E-state index contributed by atoms with van der Waals surface area (Å²) in [5, 5.41) is 0. The molecule has 0 spiro atoms. The maximum absolute atomic E-state index is 2.39. The molecule has 0 aliphatic heterocycles. The molecule has 0 bridgehead atoms. The van der Waals surface area contributed by atoms with E-state index >= 15 is 0 Å². The minimum absolute atomic E-state index is 0.843. The van der Waals surface area contributed by atoms with Gasteiger partial charge in [-0.25, -0.2) is 0 Å². The fourth-order valence-corrected chi connectivity index (χ4v) is 1.28. The van der Waals surface area contributed by atoms with Crippen molar-refractivity contribution in [1.29, 1.82) is 0 Å². The summed E-state index contributed by atoms with van der Waals surface area (Å²) in [4.78, 5) is 0. The lowest BCUT2D eigenvalue weighted by molar-refractivity contribution is 0.624. The largest absolute Gasteiger partial charge is 0.0828 e. The summed E-state index contributed by atoms with van der Waals surface area (Å²) in [6, 6.07) is 0. The van der Waals surface area contributed by atoms with Crippen LogP contribution >= 0.6 is 0 Å². The molecule has 0 N–H and O–H groups in total. The van der Waals surface area contributed by atoms with Crippen molar-refractivity contribution >= 4 is 0 Å². The number of allylic oxidation sites excluding steroid dienone is 2. The predicted molar refractivity (Wildman–Crippen MR) is 41.3 cm³/mol. The van der Waals surface area contributed by atoms with Crippen molar-refractivity contribution in [2.45, 2.75) is 33.6 Å². The quantitative estimate of drug-likeness (QED) is 0.496. The van der Waals surface area contributed by atoms with E-state index in [0.29, 0.717) is 0 Å². The molecule has 9 heavy (non-hydrogen) atoms. The van der Waals surface area contributed by atoms with E-state index < -0.39 is 0 Å². The van der Waals surface area contributed by atoms with Crippen molar-refractivity contribution in [2.24, 2.45) is 11.8 Å². The Hall–Kier alpha value is -0.260. The molecule has 1 atom stereocenters. The smallest absolute Gasteiger partial charge is 0.0231 e. The van der Waals surface area contributed by atoms with Gasteiger partial charge in [0.2, 0.25) is 0 Å². The average Bonchev–Trinajstić information content (AvgIpc) is 2.40. The summed E-state index contributed by atoms with van der Waals surface area (Å²) < 4.78 is 0. The monoisotopic (exact) mass is 124 g/mol. The fourth-order valence-electron chi connectivity index (χ4n) is 1.28. The van der Waals surface area contributed by atoms with E-state index in [1.54, 1.807) is 0 Å². The molecule has 0 nitrogen and oxygen atoms in total. The Bertz CT molecular complexity index is 114.